The van der Waals surface area contributed by atoms with E-state index in [1.807, 2.05) is 106 Å². The van der Waals surface area contributed by atoms with Gasteiger partial charge < -0.3 is 18.9 Å². The molecule has 0 bridgehead atoms. The van der Waals surface area contributed by atoms with Gasteiger partial charge in [0.2, 0.25) is 0 Å². The van der Waals surface area contributed by atoms with Gasteiger partial charge in [-0.25, -0.2) is 0 Å². The number of hydrogen-bond acceptors (Lipinski definition) is 5. The summed E-state index contributed by atoms with van der Waals surface area (Å²) in [7, 11) is 0. The van der Waals surface area contributed by atoms with Crippen molar-refractivity contribution in [1.82, 2.24) is 0 Å². The Hall–Kier alpha value is -2.83. The number of carbonyl (C=O) groups is 1. The molecule has 0 unspecified atom stereocenters. The van der Waals surface area contributed by atoms with E-state index in [9.17, 15) is 4.79 Å². The maximum atomic E-state index is 13.3. The van der Waals surface area contributed by atoms with Gasteiger partial charge in [0.1, 0.15) is 12.2 Å². The molecule has 0 spiro atoms. The van der Waals surface area contributed by atoms with E-state index in [4.69, 9.17) is 18.9 Å². The molecular formula is C30H34O5. The molecule has 0 aliphatic carbocycles. The summed E-state index contributed by atoms with van der Waals surface area (Å²) in [4.78, 5) is 13.3. The van der Waals surface area contributed by atoms with Crippen LogP contribution in [0.5, 0.6) is 0 Å². The van der Waals surface area contributed by atoms with E-state index in [0.717, 1.165) is 16.7 Å². The monoisotopic (exact) mass is 474 g/mol. The van der Waals surface area contributed by atoms with Crippen molar-refractivity contribution in [2.24, 2.45) is 0 Å². The van der Waals surface area contributed by atoms with Crippen molar-refractivity contribution in [1.29, 1.82) is 0 Å². The maximum absolute atomic E-state index is 13.3. The van der Waals surface area contributed by atoms with Crippen molar-refractivity contribution >= 4 is 5.78 Å². The number of benzene rings is 3. The van der Waals surface area contributed by atoms with Gasteiger partial charge in [0.15, 0.2) is 11.6 Å². The molecule has 5 heteroatoms. The van der Waals surface area contributed by atoms with Crippen molar-refractivity contribution in [2.75, 3.05) is 6.61 Å². The number of hydrogen-bond donors (Lipinski definition) is 0. The van der Waals surface area contributed by atoms with Crippen molar-refractivity contribution in [3.63, 3.8) is 0 Å². The van der Waals surface area contributed by atoms with E-state index in [2.05, 4.69) is 0 Å². The molecule has 0 aromatic heterocycles. The Morgan fingerprint density at radius 3 is 2.00 bits per heavy atom. The summed E-state index contributed by atoms with van der Waals surface area (Å²) in [5.41, 5.74) is 3.85. The van der Waals surface area contributed by atoms with Gasteiger partial charge in [0, 0.05) is 12.0 Å². The Kier molecular flexibility index (Phi) is 8.47. The molecule has 184 valence electrons. The van der Waals surface area contributed by atoms with Crippen LogP contribution in [0.3, 0.4) is 0 Å². The second kappa shape index (κ2) is 11.7. The van der Waals surface area contributed by atoms with Crippen molar-refractivity contribution in [2.45, 2.75) is 64.5 Å². The van der Waals surface area contributed by atoms with Crippen LogP contribution in [0.2, 0.25) is 0 Å². The predicted octanol–water partition coefficient (Wildman–Crippen LogP) is 5.89. The Bertz CT molecular complexity index is 1060. The summed E-state index contributed by atoms with van der Waals surface area (Å²) < 4.78 is 24.9. The largest absolute Gasteiger partial charge is 0.370 e. The topological polar surface area (TPSA) is 54.0 Å². The lowest BCUT2D eigenvalue weighted by molar-refractivity contribution is -0.178. The van der Waals surface area contributed by atoms with E-state index >= 15 is 0 Å². The van der Waals surface area contributed by atoms with Crippen LogP contribution in [0.25, 0.3) is 0 Å². The molecule has 1 saturated heterocycles. The van der Waals surface area contributed by atoms with Gasteiger partial charge in [-0.15, -0.1) is 0 Å². The zero-order valence-electron chi connectivity index (χ0n) is 20.7. The van der Waals surface area contributed by atoms with Crippen molar-refractivity contribution in [3.8, 4) is 0 Å². The molecule has 1 aliphatic heterocycles. The first-order valence-electron chi connectivity index (χ1n) is 12.1. The van der Waals surface area contributed by atoms with E-state index < -0.39 is 18.0 Å². The molecule has 3 aromatic carbocycles. The number of rotatable bonds is 11. The molecule has 5 nitrogen and oxygen atoms in total. The summed E-state index contributed by atoms with van der Waals surface area (Å²) in [6.45, 7) is 6.91. The average Bonchev–Trinajstić information content (AvgIpc) is 3.23. The van der Waals surface area contributed by atoms with E-state index in [-0.39, 0.29) is 18.3 Å². The fraction of sp³-hybridized carbons (Fsp3) is 0.367. The molecule has 0 amide bonds. The van der Waals surface area contributed by atoms with Crippen LogP contribution < -0.4 is 0 Å². The van der Waals surface area contributed by atoms with Gasteiger partial charge in [-0.1, -0.05) is 90.5 Å². The highest BCUT2D eigenvalue weighted by atomic mass is 16.8. The van der Waals surface area contributed by atoms with E-state index in [0.29, 0.717) is 25.4 Å². The highest BCUT2D eigenvalue weighted by Crippen LogP contribution is 2.30. The first-order chi connectivity index (χ1) is 16.9. The minimum absolute atomic E-state index is 0.00884. The Morgan fingerprint density at radius 1 is 0.886 bits per heavy atom. The first-order valence-corrected chi connectivity index (χ1v) is 12.1. The van der Waals surface area contributed by atoms with Gasteiger partial charge in [0.05, 0.1) is 25.9 Å². The van der Waals surface area contributed by atoms with E-state index in [1.54, 1.807) is 0 Å². The second-order valence-electron chi connectivity index (χ2n) is 9.46. The molecule has 0 saturated carbocycles. The first kappa shape index (κ1) is 25.3. The van der Waals surface area contributed by atoms with Crippen LogP contribution >= 0.6 is 0 Å². The Morgan fingerprint density at radius 2 is 1.46 bits per heavy atom. The molecule has 1 fully saturated rings. The molecule has 35 heavy (non-hydrogen) atoms. The maximum Gasteiger partial charge on any atom is 0.165 e. The van der Waals surface area contributed by atoms with Gasteiger partial charge in [-0.05, 0) is 31.9 Å². The highest BCUT2D eigenvalue weighted by Gasteiger charge is 2.42. The predicted molar refractivity (Wildman–Crippen MR) is 135 cm³/mol. The Labute approximate surface area is 208 Å². The molecule has 0 N–H and O–H groups in total. The van der Waals surface area contributed by atoms with Crippen molar-refractivity contribution < 1.29 is 23.7 Å². The third kappa shape index (κ3) is 7.33. The molecule has 1 aliphatic rings. The van der Waals surface area contributed by atoms with Crippen LogP contribution in [0.15, 0.2) is 84.9 Å². The van der Waals surface area contributed by atoms with Gasteiger partial charge >= 0.3 is 0 Å². The van der Waals surface area contributed by atoms with Crippen molar-refractivity contribution in [3.05, 3.63) is 107 Å². The van der Waals surface area contributed by atoms with Crippen LogP contribution in [-0.4, -0.2) is 36.5 Å². The number of carbonyl (C=O) groups excluding carboxylic acids is 1. The lowest BCUT2D eigenvalue weighted by Gasteiger charge is -2.31. The van der Waals surface area contributed by atoms with Crippen LogP contribution in [0.1, 0.15) is 47.3 Å². The SMILES string of the molecule is Cc1ccc(C(=O)C[C@@H](OCc2ccccc2)[C@H](OCc2ccccc2)[C@H]2COC(C)(C)O2)cc1. The highest BCUT2D eigenvalue weighted by molar-refractivity contribution is 5.96. The summed E-state index contributed by atoms with van der Waals surface area (Å²) in [6.07, 6.45) is -1.19. The molecule has 0 radical (unpaired) electrons. The summed E-state index contributed by atoms with van der Waals surface area (Å²) in [5.74, 6) is -0.709. The standard InChI is InChI=1S/C30H34O5/c1-22-14-16-25(17-15-22)26(31)18-27(32-19-23-10-6-4-7-11-23)29(28-21-34-30(2,3)35-28)33-20-24-12-8-5-9-13-24/h4-17,27-29H,18-21H2,1-3H3/t27-,28-,29+/m1/s1. The zero-order valence-corrected chi connectivity index (χ0v) is 20.7. The fourth-order valence-corrected chi connectivity index (χ4v) is 4.19. The zero-order chi connectivity index (χ0) is 24.7. The molecular weight excluding hydrogens is 440 g/mol. The number of aryl methyl sites for hydroxylation is 1. The quantitative estimate of drug-likeness (QED) is 0.324. The van der Waals surface area contributed by atoms with Crippen LogP contribution in [0, 0.1) is 6.92 Å². The third-order valence-corrected chi connectivity index (χ3v) is 6.12. The smallest absolute Gasteiger partial charge is 0.165 e. The minimum atomic E-state index is -0.718. The van der Waals surface area contributed by atoms with Gasteiger partial charge in [0.25, 0.3) is 0 Å². The number of Topliss-reactive ketones (excluding diaryl/α,β-unsaturated/α-hetero) is 1. The second-order valence-corrected chi connectivity index (χ2v) is 9.46. The summed E-state index contributed by atoms with van der Waals surface area (Å²) >= 11 is 0. The molecule has 3 atom stereocenters. The minimum Gasteiger partial charge on any atom is -0.370 e. The number of ketones is 1. The Balaban J connectivity index is 1.57. The average molecular weight is 475 g/mol. The fourth-order valence-electron chi connectivity index (χ4n) is 4.19. The number of ether oxygens (including phenoxy) is 4. The van der Waals surface area contributed by atoms with Gasteiger partial charge in [-0.3, -0.25) is 4.79 Å². The normalized spacial score (nSPS) is 18.8. The van der Waals surface area contributed by atoms with Crippen LogP contribution in [-0.2, 0) is 32.2 Å². The molecule has 3 aromatic rings. The van der Waals surface area contributed by atoms with Gasteiger partial charge in [-0.2, -0.15) is 0 Å². The van der Waals surface area contributed by atoms with Crippen LogP contribution in [0.4, 0.5) is 0 Å². The summed E-state index contributed by atoms with van der Waals surface area (Å²) in [6, 6.07) is 27.6. The molecule has 1 heterocycles. The third-order valence-electron chi connectivity index (χ3n) is 6.12. The lowest BCUT2D eigenvalue weighted by atomic mass is 9.98. The van der Waals surface area contributed by atoms with E-state index in [1.165, 1.54) is 0 Å². The lowest BCUT2D eigenvalue weighted by Crippen LogP contribution is -2.44. The summed E-state index contributed by atoms with van der Waals surface area (Å²) in [5, 5.41) is 0. The molecule has 4 rings (SSSR count).